The molecule has 1 aromatic rings. The Hall–Kier alpha value is -1.24. The van der Waals surface area contributed by atoms with Crippen molar-refractivity contribution in [1.29, 1.82) is 0 Å². The highest BCUT2D eigenvalue weighted by atomic mass is 19.1. The van der Waals surface area contributed by atoms with E-state index in [4.69, 9.17) is 14.0 Å². The minimum atomic E-state index is -1.00. The first-order valence-electron chi connectivity index (χ1n) is 8.01. The van der Waals surface area contributed by atoms with Crippen LogP contribution in [0.15, 0.2) is 30.3 Å². The molecule has 0 radical (unpaired) electrons. The van der Waals surface area contributed by atoms with E-state index in [1.165, 1.54) is 0 Å². The zero-order valence-electron chi connectivity index (χ0n) is 14.6. The zero-order valence-corrected chi connectivity index (χ0v) is 14.6. The molecule has 0 amide bonds. The molecule has 6 heteroatoms. The van der Waals surface area contributed by atoms with Crippen LogP contribution in [0.2, 0.25) is 0 Å². The van der Waals surface area contributed by atoms with Crippen LogP contribution in [-0.2, 0) is 14.0 Å². The quantitative estimate of drug-likeness (QED) is 0.590. The van der Waals surface area contributed by atoms with Gasteiger partial charge in [0, 0.05) is 19.0 Å². The SMILES string of the molecule is CCOCCC(=C(F)B1OC(C)(C)C(C)(C)O1)c1cccnc1. The molecule has 1 aromatic heterocycles. The van der Waals surface area contributed by atoms with E-state index in [1.807, 2.05) is 40.7 Å². The van der Waals surface area contributed by atoms with Gasteiger partial charge in [-0.1, -0.05) is 6.07 Å². The fraction of sp³-hybridized carbons (Fsp3) is 0.588. The highest BCUT2D eigenvalue weighted by molar-refractivity contribution is 6.55. The lowest BCUT2D eigenvalue weighted by Crippen LogP contribution is -2.41. The smallest absolute Gasteiger partial charge is 0.398 e. The van der Waals surface area contributed by atoms with Gasteiger partial charge in [0.05, 0.1) is 17.8 Å². The lowest BCUT2D eigenvalue weighted by Gasteiger charge is -2.32. The molecule has 4 nitrogen and oxygen atoms in total. The average molecular weight is 321 g/mol. The van der Waals surface area contributed by atoms with Gasteiger partial charge in [0.2, 0.25) is 0 Å². The van der Waals surface area contributed by atoms with Crippen molar-refractivity contribution in [2.24, 2.45) is 0 Å². The summed E-state index contributed by atoms with van der Waals surface area (Å²) in [5, 5.41) is 0. The van der Waals surface area contributed by atoms with Crippen molar-refractivity contribution in [2.75, 3.05) is 13.2 Å². The van der Waals surface area contributed by atoms with Gasteiger partial charge in [0.1, 0.15) is 5.73 Å². The average Bonchev–Trinajstić information content (AvgIpc) is 2.72. The second kappa shape index (κ2) is 7.12. The molecule has 1 aliphatic rings. The first-order chi connectivity index (χ1) is 10.8. The van der Waals surface area contributed by atoms with Crippen LogP contribution in [0.5, 0.6) is 0 Å². The Morgan fingerprint density at radius 3 is 2.43 bits per heavy atom. The molecule has 0 atom stereocenters. The molecule has 1 aliphatic heterocycles. The van der Waals surface area contributed by atoms with Gasteiger partial charge in [-0.3, -0.25) is 4.98 Å². The van der Waals surface area contributed by atoms with Crippen LogP contribution in [0.3, 0.4) is 0 Å². The second-order valence-corrected chi connectivity index (χ2v) is 6.60. The molecule has 0 bridgehead atoms. The summed E-state index contributed by atoms with van der Waals surface area (Å²) < 4.78 is 32.1. The van der Waals surface area contributed by atoms with Gasteiger partial charge in [0.25, 0.3) is 0 Å². The van der Waals surface area contributed by atoms with Crippen LogP contribution >= 0.6 is 0 Å². The maximum atomic E-state index is 15.1. The molecule has 0 N–H and O–H groups in total. The first kappa shape index (κ1) is 18.1. The largest absolute Gasteiger partial charge is 0.525 e. The van der Waals surface area contributed by atoms with Crippen LogP contribution in [0, 0.1) is 0 Å². The summed E-state index contributed by atoms with van der Waals surface area (Å²) in [4.78, 5) is 4.08. The Bertz CT molecular complexity index is 544. The highest BCUT2D eigenvalue weighted by Gasteiger charge is 2.53. The standard InChI is InChI=1S/C17H25BFNO3/c1-6-21-11-9-14(13-8-7-10-20-12-13)15(19)18-22-16(2,3)17(4,5)23-18/h7-8,10,12H,6,9,11H2,1-5H3. The summed E-state index contributed by atoms with van der Waals surface area (Å²) in [7, 11) is -1.00. The Labute approximate surface area is 138 Å². The summed E-state index contributed by atoms with van der Waals surface area (Å²) in [6.45, 7) is 10.6. The number of pyridine rings is 1. The highest BCUT2D eigenvalue weighted by Crippen LogP contribution is 2.40. The van der Waals surface area contributed by atoms with E-state index >= 15 is 4.39 Å². The number of rotatable bonds is 6. The molecular weight excluding hydrogens is 296 g/mol. The molecule has 0 aromatic carbocycles. The maximum Gasteiger partial charge on any atom is 0.525 e. The van der Waals surface area contributed by atoms with E-state index in [1.54, 1.807) is 18.5 Å². The third kappa shape index (κ3) is 4.00. The topological polar surface area (TPSA) is 40.6 Å². The summed E-state index contributed by atoms with van der Waals surface area (Å²) in [6, 6.07) is 3.62. The van der Waals surface area contributed by atoms with Gasteiger partial charge in [-0.15, -0.1) is 0 Å². The zero-order chi connectivity index (χ0) is 17.1. The Morgan fingerprint density at radius 1 is 1.26 bits per heavy atom. The van der Waals surface area contributed by atoms with Crippen LogP contribution in [-0.4, -0.2) is 36.5 Å². The molecule has 0 aliphatic carbocycles. The molecule has 0 spiro atoms. The molecule has 0 unspecified atom stereocenters. The van der Waals surface area contributed by atoms with Crippen molar-refractivity contribution < 1.29 is 18.4 Å². The van der Waals surface area contributed by atoms with Gasteiger partial charge < -0.3 is 14.0 Å². The van der Waals surface area contributed by atoms with E-state index in [2.05, 4.69) is 4.98 Å². The van der Waals surface area contributed by atoms with Crippen LogP contribution in [0.1, 0.15) is 46.6 Å². The Morgan fingerprint density at radius 2 is 1.91 bits per heavy atom. The van der Waals surface area contributed by atoms with Gasteiger partial charge in [-0.25, -0.2) is 4.39 Å². The van der Waals surface area contributed by atoms with Gasteiger partial charge in [0.15, 0.2) is 0 Å². The summed E-state index contributed by atoms with van der Waals surface area (Å²) >= 11 is 0. The van der Waals surface area contributed by atoms with E-state index in [0.717, 1.165) is 5.56 Å². The van der Waals surface area contributed by atoms with Gasteiger partial charge in [-0.2, -0.15) is 0 Å². The lowest BCUT2D eigenvalue weighted by atomic mass is 9.82. The number of aromatic nitrogens is 1. The van der Waals surface area contributed by atoms with Crippen molar-refractivity contribution in [1.82, 2.24) is 4.98 Å². The number of halogens is 1. The molecule has 23 heavy (non-hydrogen) atoms. The Balaban J connectivity index is 2.31. The Kier molecular flexibility index (Phi) is 5.60. The van der Waals surface area contributed by atoms with Crippen molar-refractivity contribution in [3.63, 3.8) is 0 Å². The predicted molar refractivity (Wildman–Crippen MR) is 89.5 cm³/mol. The van der Waals surface area contributed by atoms with Crippen molar-refractivity contribution >= 4 is 12.7 Å². The van der Waals surface area contributed by atoms with Crippen LogP contribution in [0.4, 0.5) is 4.39 Å². The first-order valence-corrected chi connectivity index (χ1v) is 8.01. The number of hydrogen-bond acceptors (Lipinski definition) is 4. The molecular formula is C17H25BFNO3. The van der Waals surface area contributed by atoms with Crippen molar-refractivity contribution in [3.8, 4) is 0 Å². The monoisotopic (exact) mass is 321 g/mol. The molecule has 2 rings (SSSR count). The third-order valence-electron chi connectivity index (χ3n) is 4.46. The van der Waals surface area contributed by atoms with E-state index in [-0.39, 0.29) is 0 Å². The van der Waals surface area contributed by atoms with E-state index < -0.39 is 24.0 Å². The number of ether oxygens (including phenoxy) is 1. The lowest BCUT2D eigenvalue weighted by molar-refractivity contribution is 0.00578. The molecule has 2 heterocycles. The van der Waals surface area contributed by atoms with Crippen molar-refractivity contribution in [3.05, 3.63) is 35.8 Å². The fourth-order valence-corrected chi connectivity index (χ4v) is 2.35. The number of nitrogens with zero attached hydrogens (tertiary/aromatic N) is 1. The molecule has 0 saturated carbocycles. The van der Waals surface area contributed by atoms with Crippen LogP contribution in [0.25, 0.3) is 5.57 Å². The second-order valence-electron chi connectivity index (χ2n) is 6.60. The van der Waals surface area contributed by atoms with Crippen molar-refractivity contribution in [2.45, 2.75) is 52.2 Å². The van der Waals surface area contributed by atoms with Gasteiger partial charge >= 0.3 is 7.12 Å². The van der Waals surface area contributed by atoms with Gasteiger partial charge in [-0.05, 0) is 58.2 Å². The minimum absolute atomic E-state index is 0.406. The maximum absolute atomic E-state index is 15.1. The normalized spacial score (nSPS) is 20.5. The molecule has 1 saturated heterocycles. The fourth-order valence-electron chi connectivity index (χ4n) is 2.35. The predicted octanol–water partition coefficient (Wildman–Crippen LogP) is 3.82. The van der Waals surface area contributed by atoms with Crippen LogP contribution < -0.4 is 0 Å². The molecule has 1 fully saturated rings. The summed E-state index contributed by atoms with van der Waals surface area (Å²) in [6.07, 6.45) is 3.75. The number of hydrogen-bond donors (Lipinski definition) is 0. The summed E-state index contributed by atoms with van der Waals surface area (Å²) in [5.41, 5.74) is -0.315. The molecule has 126 valence electrons. The van der Waals surface area contributed by atoms with E-state index in [0.29, 0.717) is 25.2 Å². The minimum Gasteiger partial charge on any atom is -0.398 e. The summed E-state index contributed by atoms with van der Waals surface area (Å²) in [5.74, 6) is 0. The van der Waals surface area contributed by atoms with E-state index in [9.17, 15) is 0 Å². The third-order valence-corrected chi connectivity index (χ3v) is 4.46.